The number of rotatable bonds is 10. The first kappa shape index (κ1) is 55.6. The highest BCUT2D eigenvalue weighted by molar-refractivity contribution is 6.01. The number of carbonyl (C=O) groups excluding carboxylic acids is 3. The fraction of sp³-hybridized carbons (Fsp3) is 0.262. The van der Waals surface area contributed by atoms with Gasteiger partial charge in [0.2, 0.25) is 17.5 Å². The van der Waals surface area contributed by atoms with Crippen LogP contribution >= 0.6 is 0 Å². The minimum absolute atomic E-state index is 0.0247. The van der Waals surface area contributed by atoms with E-state index in [1.54, 1.807) is 38.5 Å². The molecule has 4 N–H and O–H groups in total. The van der Waals surface area contributed by atoms with Crippen molar-refractivity contribution >= 4 is 40.6 Å². The summed E-state index contributed by atoms with van der Waals surface area (Å²) in [5, 5.41) is 11.7. The lowest BCUT2D eigenvalue weighted by Crippen LogP contribution is -2.20. The average molecular weight is 1020 g/mol. The molecule has 1 heterocycles. The van der Waals surface area contributed by atoms with E-state index < -0.39 is 12.1 Å². The molecule has 0 radical (unpaired) electrons. The fourth-order valence-corrected chi connectivity index (χ4v) is 7.80. The van der Waals surface area contributed by atoms with E-state index in [4.69, 9.17) is 24.4 Å². The van der Waals surface area contributed by atoms with E-state index >= 15 is 0 Å². The summed E-state index contributed by atoms with van der Waals surface area (Å²) in [7, 11) is 3.19. The summed E-state index contributed by atoms with van der Waals surface area (Å²) >= 11 is 0. The molecule has 7 rings (SSSR count). The van der Waals surface area contributed by atoms with Gasteiger partial charge in [0.15, 0.2) is 0 Å². The lowest BCUT2D eigenvalue weighted by Gasteiger charge is -2.20. The number of amides is 4. The molecule has 0 atom stereocenters. The Hall–Kier alpha value is -9.18. The third-order valence-electron chi connectivity index (χ3n) is 12.4. The fourth-order valence-electron chi connectivity index (χ4n) is 7.80. The second kappa shape index (κ2) is 24.0. The van der Waals surface area contributed by atoms with Crippen LogP contribution in [0, 0.1) is 42.4 Å². The van der Waals surface area contributed by atoms with Crippen LogP contribution in [0.5, 0.6) is 11.5 Å². The number of anilines is 4. The van der Waals surface area contributed by atoms with Crippen LogP contribution in [0.25, 0.3) is 0 Å². The van der Waals surface area contributed by atoms with Crippen molar-refractivity contribution in [2.24, 2.45) is 0 Å². The molecule has 12 nitrogen and oxygen atoms in total. The number of urea groups is 2. The molecular formula is C65H65N7O5. The third-order valence-corrected chi connectivity index (χ3v) is 12.4. The van der Waals surface area contributed by atoms with Crippen molar-refractivity contribution in [2.45, 2.75) is 98.3 Å². The van der Waals surface area contributed by atoms with E-state index in [2.05, 4.69) is 119 Å². The summed E-state index contributed by atoms with van der Waals surface area (Å²) in [5.41, 5.74) is 8.89. The van der Waals surface area contributed by atoms with Gasteiger partial charge in [-0.05, 0) is 148 Å². The molecule has 0 aliphatic rings. The van der Waals surface area contributed by atoms with Crippen molar-refractivity contribution in [2.75, 3.05) is 35.5 Å². The second-order valence-electron chi connectivity index (χ2n) is 21.7. The number of Topliss-reactive ketones (excluding diaryl/α,β-unsaturated/α-hetero) is 1. The summed E-state index contributed by atoms with van der Waals surface area (Å²) in [6.07, 6.45) is 0.395. The number of carbonyl (C=O) groups is 3. The number of aromatic nitrogens is 3. The van der Waals surface area contributed by atoms with Gasteiger partial charge < -0.3 is 30.7 Å². The Morgan fingerprint density at radius 2 is 0.818 bits per heavy atom. The van der Waals surface area contributed by atoms with E-state index in [-0.39, 0.29) is 52.3 Å². The molecule has 77 heavy (non-hydrogen) atoms. The van der Waals surface area contributed by atoms with Gasteiger partial charge >= 0.3 is 12.1 Å². The van der Waals surface area contributed by atoms with E-state index in [1.165, 1.54) is 0 Å². The molecule has 0 fully saturated rings. The number of hydrogen-bond acceptors (Lipinski definition) is 8. The topological polar surface area (TPSA) is 156 Å². The first-order chi connectivity index (χ1) is 36.5. The summed E-state index contributed by atoms with van der Waals surface area (Å²) in [5.74, 6) is 20.8. The Morgan fingerprint density at radius 3 is 1.23 bits per heavy atom. The van der Waals surface area contributed by atoms with E-state index in [0.717, 1.165) is 39.1 Å². The first-order valence-corrected chi connectivity index (χ1v) is 25.3. The van der Waals surface area contributed by atoms with Gasteiger partial charge in [-0.25, -0.2) is 9.59 Å². The average Bonchev–Trinajstić information content (AvgIpc) is 3.38. The minimum atomic E-state index is -0.466. The number of nitrogens with one attached hydrogen (secondary N) is 4. The summed E-state index contributed by atoms with van der Waals surface area (Å²) in [6, 6.07) is 38.6. The smallest absolute Gasteiger partial charge is 0.323 e. The summed E-state index contributed by atoms with van der Waals surface area (Å²) < 4.78 is 10.6. The van der Waals surface area contributed by atoms with E-state index in [0.29, 0.717) is 45.2 Å². The highest BCUT2D eigenvalue weighted by Gasteiger charge is 2.20. The number of aryl methyl sites for hydroxylation is 1. The van der Waals surface area contributed by atoms with Crippen molar-refractivity contribution in [3.8, 4) is 47.0 Å². The Morgan fingerprint density at radius 1 is 0.442 bits per heavy atom. The predicted octanol–water partition coefficient (Wildman–Crippen LogP) is 12.9. The molecule has 12 heteroatoms. The first-order valence-electron chi connectivity index (χ1n) is 25.3. The molecule has 0 saturated carbocycles. The molecule has 7 aromatic rings. The van der Waals surface area contributed by atoms with Gasteiger partial charge in [0.1, 0.15) is 17.3 Å². The largest absolute Gasteiger partial charge is 0.497 e. The highest BCUT2D eigenvalue weighted by atomic mass is 16.5. The number of methoxy groups -OCH3 is 2. The standard InChI is InChI=1S/C65H65N7O5/c1-42-13-24-51(25-14-42)66-61(74)68-56-32-22-49(64(5,6)7)39-46(56)19-35-59-70-58(34-18-44-38-48(63(2,3)4)21-17-45(44)41-53(73)37-43-15-28-54(76-11)29-16-43)71-60(72-59)36-20-47-40-50(65(8,9)10)23-33-57(47)69-62(75)67-52-26-30-55(77-12)31-27-52/h13-17,21-33,38-40H,37,41H2,1-12H3,(H2,66,68,74)(H2,67,69,75). The van der Waals surface area contributed by atoms with Crippen LogP contribution in [-0.4, -0.2) is 47.0 Å². The highest BCUT2D eigenvalue weighted by Crippen LogP contribution is 2.30. The van der Waals surface area contributed by atoms with Crippen LogP contribution in [0.4, 0.5) is 32.3 Å². The molecule has 0 spiro atoms. The van der Waals surface area contributed by atoms with Crippen LogP contribution in [0.15, 0.2) is 127 Å². The Bertz CT molecular complexity index is 3350. The maximum absolute atomic E-state index is 13.6. The van der Waals surface area contributed by atoms with Gasteiger partial charge in [-0.15, -0.1) is 0 Å². The lowest BCUT2D eigenvalue weighted by atomic mass is 9.84. The molecule has 390 valence electrons. The van der Waals surface area contributed by atoms with E-state index in [9.17, 15) is 14.4 Å². The number of hydrogen-bond donors (Lipinski definition) is 4. The lowest BCUT2D eigenvalue weighted by molar-refractivity contribution is -0.117. The number of nitrogens with zero attached hydrogens (tertiary/aromatic N) is 3. The SMILES string of the molecule is COc1ccc(CC(=O)Cc2ccc(C(C)(C)C)cc2C#Cc2nc(C#Cc3cc(C(C)(C)C)ccc3NC(=O)Nc3ccc(C)cc3)nc(C#Cc3cc(C(C)(C)C)ccc3NC(=O)Nc3ccc(OC)cc3)n2)cc1. The van der Waals surface area contributed by atoms with Gasteiger partial charge in [-0.1, -0.05) is 134 Å². The van der Waals surface area contributed by atoms with Crippen molar-refractivity contribution in [1.29, 1.82) is 0 Å². The quantitative estimate of drug-likeness (QED) is 0.0987. The summed E-state index contributed by atoms with van der Waals surface area (Å²) in [6.45, 7) is 20.9. The molecule has 0 bridgehead atoms. The number of benzene rings is 6. The van der Waals surface area contributed by atoms with Crippen molar-refractivity contribution in [3.05, 3.63) is 195 Å². The van der Waals surface area contributed by atoms with Crippen molar-refractivity contribution in [1.82, 2.24) is 15.0 Å². The van der Waals surface area contributed by atoms with Crippen molar-refractivity contribution in [3.63, 3.8) is 0 Å². The minimum Gasteiger partial charge on any atom is -0.497 e. The van der Waals surface area contributed by atoms with Gasteiger partial charge in [-0.2, -0.15) is 15.0 Å². The van der Waals surface area contributed by atoms with Crippen LogP contribution in [0.2, 0.25) is 0 Å². The maximum atomic E-state index is 13.6. The van der Waals surface area contributed by atoms with Crippen LogP contribution in [0.3, 0.4) is 0 Å². The Labute approximate surface area is 453 Å². The zero-order valence-electron chi connectivity index (χ0n) is 45.9. The van der Waals surface area contributed by atoms with Crippen LogP contribution in [-0.2, 0) is 33.9 Å². The zero-order valence-corrected chi connectivity index (χ0v) is 45.9. The van der Waals surface area contributed by atoms with Gasteiger partial charge in [0.25, 0.3) is 0 Å². The molecule has 4 amide bonds. The molecule has 0 aliphatic heterocycles. The Kier molecular flexibility index (Phi) is 17.3. The van der Waals surface area contributed by atoms with E-state index in [1.807, 2.05) is 110 Å². The number of ketones is 1. The maximum Gasteiger partial charge on any atom is 0.323 e. The molecule has 1 aromatic heterocycles. The van der Waals surface area contributed by atoms with Gasteiger partial charge in [0.05, 0.1) is 25.6 Å². The molecule has 0 aliphatic carbocycles. The predicted molar refractivity (Wildman–Crippen MR) is 308 cm³/mol. The normalized spacial score (nSPS) is 11.1. The van der Waals surface area contributed by atoms with Gasteiger partial charge in [-0.3, -0.25) is 4.79 Å². The van der Waals surface area contributed by atoms with Crippen molar-refractivity contribution < 1.29 is 23.9 Å². The van der Waals surface area contributed by atoms with Crippen LogP contribution in [0.1, 0.15) is 130 Å². The molecule has 6 aromatic carbocycles. The Balaban J connectivity index is 1.32. The van der Waals surface area contributed by atoms with Gasteiger partial charge in [0, 0.05) is 40.9 Å². The molecule has 0 saturated heterocycles. The van der Waals surface area contributed by atoms with Crippen LogP contribution < -0.4 is 30.7 Å². The molecule has 0 unspecified atom stereocenters. The molecular weight excluding hydrogens is 959 g/mol. The third kappa shape index (κ3) is 15.9. The number of ether oxygens (including phenoxy) is 2. The second-order valence-corrected chi connectivity index (χ2v) is 21.7. The zero-order chi connectivity index (χ0) is 55.5. The summed E-state index contributed by atoms with van der Waals surface area (Å²) in [4.78, 5) is 54.6. The monoisotopic (exact) mass is 1020 g/mol.